The van der Waals surface area contributed by atoms with Gasteiger partial charge in [-0.05, 0) is 43.2 Å². The molecule has 0 aliphatic carbocycles. The van der Waals surface area contributed by atoms with Crippen molar-refractivity contribution in [2.45, 2.75) is 25.0 Å². The standard InChI is InChI=1S/C26H31N5O4S/c1-3-35-26(33)30-17-15-29(16-18-30)23(32)19-36-25-28-27-24(21-9-11-22(34-2)12-10-21)31(25)14-13-20-7-5-4-6-8-20/h4-12H,3,13-19H2,1-2H3. The van der Waals surface area contributed by atoms with Crippen molar-refractivity contribution in [1.82, 2.24) is 24.6 Å². The minimum atomic E-state index is -0.323. The molecule has 1 fully saturated rings. The lowest BCUT2D eigenvalue weighted by Gasteiger charge is -2.34. The summed E-state index contributed by atoms with van der Waals surface area (Å²) in [6.07, 6.45) is 0.496. The van der Waals surface area contributed by atoms with Gasteiger partial charge >= 0.3 is 6.09 Å². The molecule has 0 radical (unpaired) electrons. The zero-order valence-corrected chi connectivity index (χ0v) is 21.4. The number of benzene rings is 2. The number of amides is 2. The number of carbonyl (C=O) groups excluding carboxylic acids is 2. The third kappa shape index (κ3) is 6.37. The van der Waals surface area contributed by atoms with Gasteiger partial charge in [-0.2, -0.15) is 0 Å². The van der Waals surface area contributed by atoms with Crippen LogP contribution < -0.4 is 4.74 Å². The Morgan fingerprint density at radius 2 is 1.64 bits per heavy atom. The summed E-state index contributed by atoms with van der Waals surface area (Å²) in [7, 11) is 1.64. The lowest BCUT2D eigenvalue weighted by Crippen LogP contribution is -2.51. The van der Waals surface area contributed by atoms with Crippen molar-refractivity contribution in [3.63, 3.8) is 0 Å². The van der Waals surface area contributed by atoms with Crippen molar-refractivity contribution < 1.29 is 19.1 Å². The summed E-state index contributed by atoms with van der Waals surface area (Å²) in [6.45, 7) is 4.76. The van der Waals surface area contributed by atoms with E-state index in [1.54, 1.807) is 23.8 Å². The van der Waals surface area contributed by atoms with Crippen LogP contribution in [-0.2, 0) is 22.5 Å². The number of nitrogens with zero attached hydrogens (tertiary/aromatic N) is 5. The van der Waals surface area contributed by atoms with Crippen molar-refractivity contribution in [3.05, 3.63) is 60.2 Å². The smallest absolute Gasteiger partial charge is 0.409 e. The Kier molecular flexibility index (Phi) is 8.83. The molecule has 0 unspecified atom stereocenters. The minimum Gasteiger partial charge on any atom is -0.497 e. The van der Waals surface area contributed by atoms with E-state index in [1.807, 2.05) is 42.5 Å². The molecule has 2 heterocycles. The molecule has 0 N–H and O–H groups in total. The summed E-state index contributed by atoms with van der Waals surface area (Å²) in [5.41, 5.74) is 2.16. The van der Waals surface area contributed by atoms with Crippen molar-refractivity contribution in [1.29, 1.82) is 0 Å². The average molecular weight is 510 g/mol. The molecule has 1 aromatic heterocycles. The Bertz CT molecular complexity index is 1140. The van der Waals surface area contributed by atoms with E-state index in [9.17, 15) is 9.59 Å². The van der Waals surface area contributed by atoms with E-state index in [2.05, 4.69) is 26.9 Å². The summed E-state index contributed by atoms with van der Waals surface area (Å²) in [5.74, 6) is 1.81. The van der Waals surface area contributed by atoms with E-state index in [-0.39, 0.29) is 17.8 Å². The van der Waals surface area contributed by atoms with Crippen LogP contribution in [0.2, 0.25) is 0 Å². The molecule has 0 saturated carbocycles. The summed E-state index contributed by atoms with van der Waals surface area (Å²) >= 11 is 1.39. The molecule has 4 rings (SSSR count). The molecule has 2 aromatic carbocycles. The highest BCUT2D eigenvalue weighted by molar-refractivity contribution is 7.99. The number of rotatable bonds is 9. The van der Waals surface area contributed by atoms with Crippen LogP contribution in [0.25, 0.3) is 11.4 Å². The van der Waals surface area contributed by atoms with Gasteiger partial charge in [-0.15, -0.1) is 10.2 Å². The highest BCUT2D eigenvalue weighted by Gasteiger charge is 2.25. The van der Waals surface area contributed by atoms with Crippen molar-refractivity contribution in [2.24, 2.45) is 0 Å². The first kappa shape index (κ1) is 25.6. The molecule has 0 atom stereocenters. The van der Waals surface area contributed by atoms with Gasteiger partial charge in [-0.1, -0.05) is 42.1 Å². The number of aryl methyl sites for hydroxylation is 1. The quantitative estimate of drug-likeness (QED) is 0.407. The summed E-state index contributed by atoms with van der Waals surface area (Å²) in [5, 5.41) is 9.59. The number of ether oxygens (including phenoxy) is 2. The predicted molar refractivity (Wildman–Crippen MR) is 138 cm³/mol. The molecule has 0 spiro atoms. The summed E-state index contributed by atoms with van der Waals surface area (Å²) in [6, 6.07) is 18.0. The number of aromatic nitrogens is 3. The van der Waals surface area contributed by atoms with Crippen LogP contribution in [-0.4, -0.2) is 82.2 Å². The van der Waals surface area contributed by atoms with Crippen LogP contribution in [0.15, 0.2) is 59.8 Å². The van der Waals surface area contributed by atoms with Crippen LogP contribution in [0.4, 0.5) is 4.79 Å². The Morgan fingerprint density at radius 3 is 2.31 bits per heavy atom. The van der Waals surface area contributed by atoms with E-state index in [4.69, 9.17) is 9.47 Å². The molecule has 9 nitrogen and oxygen atoms in total. The van der Waals surface area contributed by atoms with Crippen LogP contribution in [0.3, 0.4) is 0 Å². The van der Waals surface area contributed by atoms with Gasteiger partial charge in [0, 0.05) is 38.3 Å². The second kappa shape index (κ2) is 12.4. The highest BCUT2D eigenvalue weighted by atomic mass is 32.2. The fourth-order valence-electron chi connectivity index (χ4n) is 4.01. The zero-order valence-electron chi connectivity index (χ0n) is 20.6. The highest BCUT2D eigenvalue weighted by Crippen LogP contribution is 2.26. The van der Waals surface area contributed by atoms with E-state index in [0.717, 1.165) is 23.6 Å². The molecule has 1 aliphatic heterocycles. The van der Waals surface area contributed by atoms with Crippen molar-refractivity contribution in [2.75, 3.05) is 45.6 Å². The van der Waals surface area contributed by atoms with Crippen LogP contribution in [0.5, 0.6) is 5.75 Å². The predicted octanol–water partition coefficient (Wildman–Crippen LogP) is 3.59. The zero-order chi connectivity index (χ0) is 25.3. The van der Waals surface area contributed by atoms with Crippen LogP contribution in [0, 0.1) is 0 Å². The molecule has 3 aromatic rings. The third-order valence-corrected chi connectivity index (χ3v) is 6.97. The van der Waals surface area contributed by atoms with Gasteiger partial charge in [0.25, 0.3) is 0 Å². The lowest BCUT2D eigenvalue weighted by atomic mass is 10.1. The fraction of sp³-hybridized carbons (Fsp3) is 0.385. The molecule has 0 bridgehead atoms. The van der Waals surface area contributed by atoms with Gasteiger partial charge in [0.1, 0.15) is 5.75 Å². The van der Waals surface area contributed by atoms with E-state index < -0.39 is 0 Å². The maximum atomic E-state index is 12.9. The van der Waals surface area contributed by atoms with E-state index in [1.165, 1.54) is 17.3 Å². The lowest BCUT2D eigenvalue weighted by molar-refractivity contribution is -0.129. The normalized spacial score (nSPS) is 13.5. The maximum Gasteiger partial charge on any atom is 0.409 e. The average Bonchev–Trinajstić information content (AvgIpc) is 3.34. The largest absolute Gasteiger partial charge is 0.497 e. The maximum absolute atomic E-state index is 12.9. The fourth-order valence-corrected chi connectivity index (χ4v) is 4.87. The molecule has 1 saturated heterocycles. The molecule has 10 heteroatoms. The number of thioether (sulfide) groups is 1. The number of carbonyl (C=O) groups is 2. The SMILES string of the molecule is CCOC(=O)N1CCN(C(=O)CSc2nnc(-c3ccc(OC)cc3)n2CCc2ccccc2)CC1. The van der Waals surface area contributed by atoms with Gasteiger partial charge in [0.05, 0.1) is 19.5 Å². The second-order valence-corrected chi connectivity index (χ2v) is 9.22. The first-order valence-corrected chi connectivity index (χ1v) is 13.0. The monoisotopic (exact) mass is 509 g/mol. The minimum absolute atomic E-state index is 0.0205. The Morgan fingerprint density at radius 1 is 0.944 bits per heavy atom. The molecule has 1 aliphatic rings. The number of piperazine rings is 1. The molecular formula is C26H31N5O4S. The van der Waals surface area contributed by atoms with Gasteiger partial charge < -0.3 is 23.8 Å². The van der Waals surface area contributed by atoms with Crippen molar-refractivity contribution >= 4 is 23.8 Å². The van der Waals surface area contributed by atoms with Gasteiger partial charge in [-0.25, -0.2) is 4.79 Å². The Hall–Kier alpha value is -3.53. The topological polar surface area (TPSA) is 89.8 Å². The number of methoxy groups -OCH3 is 1. The molecule has 36 heavy (non-hydrogen) atoms. The van der Waals surface area contributed by atoms with E-state index in [0.29, 0.717) is 44.5 Å². The van der Waals surface area contributed by atoms with Crippen LogP contribution in [0.1, 0.15) is 12.5 Å². The van der Waals surface area contributed by atoms with E-state index >= 15 is 0 Å². The summed E-state index contributed by atoms with van der Waals surface area (Å²) in [4.78, 5) is 28.3. The summed E-state index contributed by atoms with van der Waals surface area (Å²) < 4.78 is 12.4. The van der Waals surface area contributed by atoms with Crippen molar-refractivity contribution in [3.8, 4) is 17.1 Å². The third-order valence-electron chi connectivity index (χ3n) is 6.02. The Balaban J connectivity index is 1.43. The molecule has 2 amide bonds. The Labute approximate surface area is 215 Å². The number of hydrogen-bond donors (Lipinski definition) is 0. The van der Waals surface area contributed by atoms with Crippen LogP contribution >= 0.6 is 11.8 Å². The van der Waals surface area contributed by atoms with Gasteiger partial charge in [0.2, 0.25) is 5.91 Å². The number of hydrogen-bond acceptors (Lipinski definition) is 7. The molecular weight excluding hydrogens is 478 g/mol. The first-order valence-electron chi connectivity index (χ1n) is 12.0. The second-order valence-electron chi connectivity index (χ2n) is 8.28. The molecule has 190 valence electrons. The first-order chi connectivity index (χ1) is 17.6. The van der Waals surface area contributed by atoms with Gasteiger partial charge in [-0.3, -0.25) is 4.79 Å². The van der Waals surface area contributed by atoms with Gasteiger partial charge in [0.15, 0.2) is 11.0 Å².